The fraction of sp³-hybridized carbons (Fsp3) is 0.533. The van der Waals surface area contributed by atoms with Crippen LogP contribution in [-0.4, -0.2) is 11.1 Å². The molecule has 1 saturated carbocycles. The van der Waals surface area contributed by atoms with Gasteiger partial charge in [-0.3, -0.25) is 0 Å². The molecule has 1 aliphatic carbocycles. The SMILES string of the molecule is CC1CCC(OCc2cccc(C(N)=S)c2F)CC1. The zero-order chi connectivity index (χ0) is 13.8. The molecule has 0 amide bonds. The molecule has 1 aromatic rings. The van der Waals surface area contributed by atoms with Gasteiger partial charge in [-0.25, -0.2) is 4.39 Å². The Morgan fingerprint density at radius 3 is 2.68 bits per heavy atom. The van der Waals surface area contributed by atoms with E-state index < -0.39 is 0 Å². The molecular formula is C15H20FNOS. The van der Waals surface area contributed by atoms with E-state index in [2.05, 4.69) is 6.92 Å². The molecular weight excluding hydrogens is 261 g/mol. The molecule has 0 bridgehead atoms. The lowest BCUT2D eigenvalue weighted by Crippen LogP contribution is -2.21. The Kier molecular flexibility index (Phi) is 4.88. The molecule has 0 aromatic heterocycles. The van der Waals surface area contributed by atoms with E-state index in [0.717, 1.165) is 18.8 Å². The summed E-state index contributed by atoms with van der Waals surface area (Å²) in [5.74, 6) is 0.439. The van der Waals surface area contributed by atoms with E-state index in [4.69, 9.17) is 22.7 Å². The van der Waals surface area contributed by atoms with Gasteiger partial charge in [0.25, 0.3) is 0 Å². The molecule has 104 valence electrons. The monoisotopic (exact) mass is 281 g/mol. The molecule has 0 saturated heterocycles. The van der Waals surface area contributed by atoms with E-state index in [1.54, 1.807) is 18.2 Å². The van der Waals surface area contributed by atoms with Gasteiger partial charge in [0.05, 0.1) is 12.7 Å². The van der Waals surface area contributed by atoms with Crippen molar-refractivity contribution in [2.45, 2.75) is 45.3 Å². The number of hydrogen-bond acceptors (Lipinski definition) is 2. The maximum absolute atomic E-state index is 14.1. The number of nitrogens with two attached hydrogens (primary N) is 1. The van der Waals surface area contributed by atoms with Crippen LogP contribution in [0.25, 0.3) is 0 Å². The molecule has 19 heavy (non-hydrogen) atoms. The van der Waals surface area contributed by atoms with Crippen LogP contribution in [0.4, 0.5) is 4.39 Å². The van der Waals surface area contributed by atoms with Crippen molar-refractivity contribution in [1.82, 2.24) is 0 Å². The highest BCUT2D eigenvalue weighted by atomic mass is 32.1. The summed E-state index contributed by atoms with van der Waals surface area (Å²) in [5.41, 5.74) is 6.32. The van der Waals surface area contributed by atoms with Gasteiger partial charge in [-0.15, -0.1) is 0 Å². The van der Waals surface area contributed by atoms with Gasteiger partial charge in [-0.2, -0.15) is 0 Å². The lowest BCUT2D eigenvalue weighted by atomic mass is 9.89. The lowest BCUT2D eigenvalue weighted by molar-refractivity contribution is 0.00759. The fourth-order valence-electron chi connectivity index (χ4n) is 2.49. The van der Waals surface area contributed by atoms with Crippen molar-refractivity contribution in [3.05, 3.63) is 35.1 Å². The number of halogens is 1. The topological polar surface area (TPSA) is 35.2 Å². The summed E-state index contributed by atoms with van der Waals surface area (Å²) in [6.45, 7) is 2.56. The Morgan fingerprint density at radius 2 is 2.05 bits per heavy atom. The van der Waals surface area contributed by atoms with E-state index in [1.165, 1.54) is 12.8 Å². The van der Waals surface area contributed by atoms with Gasteiger partial charge in [0.2, 0.25) is 0 Å². The van der Waals surface area contributed by atoms with Crippen molar-refractivity contribution in [2.75, 3.05) is 0 Å². The molecule has 0 atom stereocenters. The first-order chi connectivity index (χ1) is 9.08. The highest BCUT2D eigenvalue weighted by molar-refractivity contribution is 7.80. The second-order valence-electron chi connectivity index (χ2n) is 5.34. The number of hydrogen-bond donors (Lipinski definition) is 1. The third-order valence-corrected chi connectivity index (χ3v) is 4.00. The van der Waals surface area contributed by atoms with Crippen LogP contribution in [-0.2, 0) is 11.3 Å². The van der Waals surface area contributed by atoms with Crippen LogP contribution in [0.3, 0.4) is 0 Å². The van der Waals surface area contributed by atoms with Crippen LogP contribution in [0.1, 0.15) is 43.7 Å². The van der Waals surface area contributed by atoms with Crippen LogP contribution in [0.2, 0.25) is 0 Å². The molecule has 0 radical (unpaired) electrons. The predicted octanol–water partition coefficient (Wildman–Crippen LogP) is 3.56. The molecule has 1 fully saturated rings. The molecule has 2 N–H and O–H groups in total. The Morgan fingerprint density at radius 1 is 1.37 bits per heavy atom. The average molecular weight is 281 g/mol. The van der Waals surface area contributed by atoms with E-state index in [-0.39, 0.29) is 16.9 Å². The maximum Gasteiger partial charge on any atom is 0.138 e. The first-order valence-electron chi connectivity index (χ1n) is 6.76. The molecule has 0 aliphatic heterocycles. The highest BCUT2D eigenvalue weighted by Crippen LogP contribution is 2.26. The summed E-state index contributed by atoms with van der Waals surface area (Å²) in [6.07, 6.45) is 4.78. The van der Waals surface area contributed by atoms with Gasteiger partial charge in [0.15, 0.2) is 0 Å². The normalized spacial score (nSPS) is 23.3. The molecule has 0 unspecified atom stereocenters. The van der Waals surface area contributed by atoms with Gasteiger partial charge in [-0.05, 0) is 37.7 Å². The van der Waals surface area contributed by atoms with Crippen LogP contribution < -0.4 is 5.73 Å². The minimum absolute atomic E-state index is 0.0887. The number of thiocarbonyl (C=S) groups is 1. The van der Waals surface area contributed by atoms with Crippen molar-refractivity contribution < 1.29 is 9.13 Å². The second-order valence-corrected chi connectivity index (χ2v) is 5.78. The standard InChI is InChI=1S/C15H20FNOS/c1-10-5-7-12(8-6-10)18-9-11-3-2-4-13(14(11)16)15(17)19/h2-4,10,12H,5-9H2,1H3,(H2,17,19). The summed E-state index contributed by atoms with van der Waals surface area (Å²) in [5, 5.41) is 0. The summed E-state index contributed by atoms with van der Waals surface area (Å²) < 4.78 is 19.9. The van der Waals surface area contributed by atoms with Gasteiger partial charge < -0.3 is 10.5 Å². The largest absolute Gasteiger partial charge is 0.389 e. The first kappa shape index (κ1) is 14.4. The molecule has 2 rings (SSSR count). The summed E-state index contributed by atoms with van der Waals surface area (Å²) in [7, 11) is 0. The molecule has 0 heterocycles. The summed E-state index contributed by atoms with van der Waals surface area (Å²) >= 11 is 4.83. The van der Waals surface area contributed by atoms with E-state index in [0.29, 0.717) is 17.7 Å². The van der Waals surface area contributed by atoms with Crippen LogP contribution in [0.15, 0.2) is 18.2 Å². The third-order valence-electron chi connectivity index (χ3n) is 3.78. The Bertz CT molecular complexity index is 455. The number of ether oxygens (including phenoxy) is 1. The molecule has 1 aliphatic rings. The Hall–Kier alpha value is -1.00. The average Bonchev–Trinajstić information content (AvgIpc) is 2.39. The fourth-order valence-corrected chi connectivity index (χ4v) is 2.64. The van der Waals surface area contributed by atoms with Crippen LogP contribution >= 0.6 is 12.2 Å². The summed E-state index contributed by atoms with van der Waals surface area (Å²) in [6, 6.07) is 5.09. The van der Waals surface area contributed by atoms with Crippen LogP contribution in [0.5, 0.6) is 0 Å². The first-order valence-corrected chi connectivity index (χ1v) is 7.17. The Balaban J connectivity index is 1.96. The van der Waals surface area contributed by atoms with Gasteiger partial charge >= 0.3 is 0 Å². The Labute approximate surface area is 119 Å². The van der Waals surface area contributed by atoms with Crippen molar-refractivity contribution in [1.29, 1.82) is 0 Å². The van der Waals surface area contributed by atoms with E-state index in [1.807, 2.05) is 0 Å². The maximum atomic E-state index is 14.1. The van der Waals surface area contributed by atoms with Crippen molar-refractivity contribution in [2.24, 2.45) is 11.7 Å². The van der Waals surface area contributed by atoms with Gasteiger partial charge in [0.1, 0.15) is 10.8 Å². The number of rotatable bonds is 4. The zero-order valence-electron chi connectivity index (χ0n) is 11.2. The quantitative estimate of drug-likeness (QED) is 0.857. The predicted molar refractivity (Wildman–Crippen MR) is 78.5 cm³/mol. The second kappa shape index (κ2) is 6.44. The molecule has 1 aromatic carbocycles. The third kappa shape index (κ3) is 3.74. The number of benzene rings is 1. The zero-order valence-corrected chi connectivity index (χ0v) is 12.0. The summed E-state index contributed by atoms with van der Waals surface area (Å²) in [4.78, 5) is 0.0887. The molecule has 2 nitrogen and oxygen atoms in total. The highest BCUT2D eigenvalue weighted by Gasteiger charge is 2.19. The van der Waals surface area contributed by atoms with Gasteiger partial charge in [-0.1, -0.05) is 31.3 Å². The van der Waals surface area contributed by atoms with Crippen molar-refractivity contribution in [3.8, 4) is 0 Å². The minimum atomic E-state index is -0.348. The van der Waals surface area contributed by atoms with Crippen molar-refractivity contribution in [3.63, 3.8) is 0 Å². The van der Waals surface area contributed by atoms with Crippen molar-refractivity contribution >= 4 is 17.2 Å². The molecule has 0 spiro atoms. The van der Waals surface area contributed by atoms with E-state index in [9.17, 15) is 4.39 Å². The minimum Gasteiger partial charge on any atom is -0.389 e. The van der Waals surface area contributed by atoms with E-state index >= 15 is 0 Å². The van der Waals surface area contributed by atoms with Crippen LogP contribution in [0, 0.1) is 11.7 Å². The molecule has 4 heteroatoms. The smallest absolute Gasteiger partial charge is 0.138 e. The lowest BCUT2D eigenvalue weighted by Gasteiger charge is -2.26. The van der Waals surface area contributed by atoms with Gasteiger partial charge in [0, 0.05) is 11.1 Å².